The number of carbonyl (C=O) groups is 1. The number of β-amino-alcohol motifs (C(OH)–C–C–N with tert-alkyl or cyclic N) is 1. The van der Waals surface area contributed by atoms with Crippen LogP contribution in [0, 0.1) is 0 Å². The number of hydrogen-bond donors (Lipinski definition) is 2. The van der Waals surface area contributed by atoms with Crippen LogP contribution in [0.2, 0.25) is 0 Å². The lowest BCUT2D eigenvalue weighted by molar-refractivity contribution is -0.254. The fourth-order valence-corrected chi connectivity index (χ4v) is 1.54. The van der Waals surface area contributed by atoms with Gasteiger partial charge in [0.15, 0.2) is 5.60 Å². The molecule has 15 heavy (non-hydrogen) atoms. The van der Waals surface area contributed by atoms with Crippen molar-refractivity contribution in [2.45, 2.75) is 31.2 Å². The molecule has 1 rings (SSSR count). The van der Waals surface area contributed by atoms with E-state index < -0.39 is 36.8 Å². The van der Waals surface area contributed by atoms with E-state index in [0.717, 1.165) is 4.90 Å². The van der Waals surface area contributed by atoms with Crippen LogP contribution in [0.1, 0.15) is 13.3 Å². The van der Waals surface area contributed by atoms with E-state index in [4.69, 9.17) is 5.11 Å². The summed E-state index contributed by atoms with van der Waals surface area (Å²) in [5, 5.41) is 17.9. The Morgan fingerprint density at radius 1 is 1.53 bits per heavy atom. The molecule has 7 heteroatoms. The first-order valence-corrected chi connectivity index (χ1v) is 4.43. The lowest BCUT2D eigenvalue weighted by Gasteiger charge is -2.27. The first-order chi connectivity index (χ1) is 6.67. The van der Waals surface area contributed by atoms with Crippen molar-refractivity contribution in [3.63, 3.8) is 0 Å². The van der Waals surface area contributed by atoms with E-state index in [0.29, 0.717) is 0 Å². The molecule has 0 spiro atoms. The second-order valence-corrected chi connectivity index (χ2v) is 3.76. The predicted molar refractivity (Wildman–Crippen MR) is 44.3 cm³/mol. The molecule has 0 amide bonds. The maximum Gasteiger partial charge on any atom is 0.418 e. The van der Waals surface area contributed by atoms with Crippen molar-refractivity contribution in [2.24, 2.45) is 0 Å². The lowest BCUT2D eigenvalue weighted by atomic mass is 10.0. The first-order valence-electron chi connectivity index (χ1n) is 4.43. The van der Waals surface area contributed by atoms with Crippen LogP contribution < -0.4 is 0 Å². The number of carboxylic acids is 1. The second kappa shape index (κ2) is 3.64. The molecule has 1 aliphatic rings. The Bertz CT molecular complexity index is 268. The molecule has 0 aliphatic carbocycles. The van der Waals surface area contributed by atoms with Gasteiger partial charge in [-0.25, -0.2) is 0 Å². The third kappa shape index (κ3) is 2.23. The number of alkyl halides is 3. The van der Waals surface area contributed by atoms with Gasteiger partial charge in [-0.15, -0.1) is 0 Å². The van der Waals surface area contributed by atoms with Gasteiger partial charge < -0.3 is 10.2 Å². The Morgan fingerprint density at radius 2 is 2.07 bits per heavy atom. The summed E-state index contributed by atoms with van der Waals surface area (Å²) in [4.78, 5) is 11.6. The summed E-state index contributed by atoms with van der Waals surface area (Å²) >= 11 is 0. The number of aliphatic hydroxyl groups is 1. The van der Waals surface area contributed by atoms with Crippen molar-refractivity contribution in [3.8, 4) is 0 Å². The quantitative estimate of drug-likeness (QED) is 0.719. The molecular formula is C8H12F3NO3. The van der Waals surface area contributed by atoms with E-state index in [1.54, 1.807) is 0 Å². The highest BCUT2D eigenvalue weighted by atomic mass is 19.4. The number of rotatable bonds is 2. The molecule has 88 valence electrons. The Hall–Kier alpha value is -0.820. The minimum atomic E-state index is -4.71. The molecule has 1 aliphatic heterocycles. The van der Waals surface area contributed by atoms with Gasteiger partial charge in [-0.1, -0.05) is 0 Å². The highest BCUT2D eigenvalue weighted by molar-refractivity contribution is 5.72. The molecule has 0 saturated carbocycles. The van der Waals surface area contributed by atoms with Crippen molar-refractivity contribution in [1.82, 2.24) is 4.90 Å². The number of carboxylic acid groups (broad SMARTS) is 1. The molecule has 0 unspecified atom stereocenters. The van der Waals surface area contributed by atoms with Crippen LogP contribution in [0.15, 0.2) is 0 Å². The molecular weight excluding hydrogens is 215 g/mol. The Balaban J connectivity index is 2.71. The van der Waals surface area contributed by atoms with Crippen molar-refractivity contribution in [1.29, 1.82) is 0 Å². The van der Waals surface area contributed by atoms with Gasteiger partial charge in [0.1, 0.15) is 6.04 Å². The van der Waals surface area contributed by atoms with Crippen molar-refractivity contribution < 1.29 is 28.2 Å². The standard InChI is InChI=1S/C8H12F3NO3/c1-5(6(13)14)12-3-2-7(15,4-12)8(9,10)11/h5,15H,2-4H2,1H3,(H,13,14)/t5-,7-/m0/s1. The maximum atomic E-state index is 12.4. The molecule has 2 N–H and O–H groups in total. The van der Waals surface area contributed by atoms with E-state index in [9.17, 15) is 23.1 Å². The Morgan fingerprint density at radius 3 is 2.40 bits per heavy atom. The lowest BCUT2D eigenvalue weighted by Crippen LogP contribution is -2.49. The van der Waals surface area contributed by atoms with Crippen LogP contribution in [-0.4, -0.2) is 52.0 Å². The van der Waals surface area contributed by atoms with Crippen LogP contribution in [0.25, 0.3) is 0 Å². The summed E-state index contributed by atoms with van der Waals surface area (Å²) in [6, 6.07) is -1.01. The van der Waals surface area contributed by atoms with Gasteiger partial charge in [0, 0.05) is 13.1 Å². The topological polar surface area (TPSA) is 60.8 Å². The summed E-state index contributed by atoms with van der Waals surface area (Å²) in [7, 11) is 0. The van der Waals surface area contributed by atoms with Gasteiger partial charge in [-0.2, -0.15) is 13.2 Å². The average Bonchev–Trinajstić information content (AvgIpc) is 2.46. The zero-order valence-electron chi connectivity index (χ0n) is 8.08. The highest BCUT2D eigenvalue weighted by Gasteiger charge is 2.57. The number of likely N-dealkylation sites (tertiary alicyclic amines) is 1. The van der Waals surface area contributed by atoms with Gasteiger partial charge >= 0.3 is 12.1 Å². The summed E-state index contributed by atoms with van der Waals surface area (Å²) < 4.78 is 37.1. The third-order valence-electron chi connectivity index (χ3n) is 2.71. The Labute approximate surface area is 84.3 Å². The van der Waals surface area contributed by atoms with Crippen LogP contribution in [-0.2, 0) is 4.79 Å². The normalized spacial score (nSPS) is 30.5. The van der Waals surface area contributed by atoms with E-state index in [2.05, 4.69) is 0 Å². The minimum Gasteiger partial charge on any atom is -0.480 e. The zero-order valence-corrected chi connectivity index (χ0v) is 8.08. The maximum absolute atomic E-state index is 12.4. The predicted octanol–water partition coefficient (Wildman–Crippen LogP) is 0.459. The summed E-state index contributed by atoms with van der Waals surface area (Å²) in [6.45, 7) is 0.553. The SMILES string of the molecule is C[C@@H](C(=O)O)N1CC[C@@](O)(C(F)(F)F)C1. The fraction of sp³-hybridized carbons (Fsp3) is 0.875. The summed E-state index contributed by atoms with van der Waals surface area (Å²) in [5.74, 6) is -1.19. The van der Waals surface area contributed by atoms with Gasteiger partial charge in [-0.05, 0) is 13.3 Å². The smallest absolute Gasteiger partial charge is 0.418 e. The number of nitrogens with zero attached hydrogens (tertiary/aromatic N) is 1. The molecule has 4 nitrogen and oxygen atoms in total. The van der Waals surface area contributed by atoms with Crippen LogP contribution in [0.3, 0.4) is 0 Å². The van der Waals surface area contributed by atoms with Crippen LogP contribution in [0.5, 0.6) is 0 Å². The number of aliphatic carboxylic acids is 1. The summed E-state index contributed by atoms with van der Waals surface area (Å²) in [6.07, 6.45) is -5.19. The molecule has 0 aromatic heterocycles. The molecule has 0 aromatic rings. The third-order valence-corrected chi connectivity index (χ3v) is 2.71. The average molecular weight is 227 g/mol. The molecule has 1 heterocycles. The van der Waals surface area contributed by atoms with E-state index in [-0.39, 0.29) is 6.54 Å². The number of hydrogen-bond acceptors (Lipinski definition) is 3. The Kier molecular flexibility index (Phi) is 2.97. The van der Waals surface area contributed by atoms with Gasteiger partial charge in [0.05, 0.1) is 0 Å². The highest BCUT2D eigenvalue weighted by Crippen LogP contribution is 2.38. The van der Waals surface area contributed by atoms with Gasteiger partial charge in [0.25, 0.3) is 0 Å². The molecule has 2 atom stereocenters. The van der Waals surface area contributed by atoms with Gasteiger partial charge in [-0.3, -0.25) is 9.69 Å². The fourth-order valence-electron chi connectivity index (χ4n) is 1.54. The molecule has 1 fully saturated rings. The van der Waals surface area contributed by atoms with E-state index in [1.807, 2.05) is 0 Å². The number of halogens is 3. The largest absolute Gasteiger partial charge is 0.480 e. The van der Waals surface area contributed by atoms with Crippen molar-refractivity contribution >= 4 is 5.97 Å². The molecule has 0 bridgehead atoms. The first kappa shape index (κ1) is 12.3. The second-order valence-electron chi connectivity index (χ2n) is 3.76. The van der Waals surface area contributed by atoms with Crippen LogP contribution in [0.4, 0.5) is 13.2 Å². The molecule has 1 saturated heterocycles. The minimum absolute atomic E-state index is 0.0660. The molecule has 0 radical (unpaired) electrons. The van der Waals surface area contributed by atoms with Crippen molar-refractivity contribution in [2.75, 3.05) is 13.1 Å². The van der Waals surface area contributed by atoms with Crippen molar-refractivity contribution in [3.05, 3.63) is 0 Å². The molecule has 0 aromatic carbocycles. The van der Waals surface area contributed by atoms with E-state index >= 15 is 0 Å². The van der Waals surface area contributed by atoms with Gasteiger partial charge in [0.2, 0.25) is 0 Å². The van der Waals surface area contributed by atoms with E-state index in [1.165, 1.54) is 6.92 Å². The summed E-state index contributed by atoms with van der Waals surface area (Å²) in [5.41, 5.74) is -2.77. The monoisotopic (exact) mass is 227 g/mol. The van der Waals surface area contributed by atoms with Crippen LogP contribution >= 0.6 is 0 Å². The zero-order chi connectivity index (χ0) is 11.9.